The topological polar surface area (TPSA) is 49.4 Å². The van der Waals surface area contributed by atoms with Crippen molar-refractivity contribution >= 4 is 23.2 Å². The Labute approximate surface area is 130 Å². The molecule has 1 saturated heterocycles. The third-order valence-electron chi connectivity index (χ3n) is 3.90. The van der Waals surface area contributed by atoms with Gasteiger partial charge in [0.15, 0.2) is 0 Å². The van der Waals surface area contributed by atoms with E-state index in [2.05, 4.69) is 11.4 Å². The Hall–Kier alpha value is -1.36. The largest absolute Gasteiger partial charge is 0.343 e. The zero-order valence-electron chi connectivity index (χ0n) is 12.8. The number of piperazine rings is 1. The number of carbonyl (C=O) groups excluding carboxylic acids is 2. The van der Waals surface area contributed by atoms with Gasteiger partial charge in [-0.25, -0.2) is 0 Å². The normalized spacial score (nSPS) is 22.5. The second-order valence-electron chi connectivity index (χ2n) is 5.52. The van der Waals surface area contributed by atoms with Crippen molar-refractivity contribution in [2.75, 3.05) is 6.54 Å². The van der Waals surface area contributed by atoms with Gasteiger partial charge in [0.25, 0.3) is 0 Å². The molecule has 1 fully saturated rings. The minimum absolute atomic E-state index is 0.0149. The second-order valence-corrected chi connectivity index (χ2v) is 6.55. The van der Waals surface area contributed by atoms with E-state index in [1.54, 1.807) is 11.3 Å². The minimum atomic E-state index is -0.334. The maximum absolute atomic E-state index is 12.6. The van der Waals surface area contributed by atoms with Gasteiger partial charge in [-0.05, 0) is 30.7 Å². The molecule has 0 saturated carbocycles. The van der Waals surface area contributed by atoms with Crippen LogP contribution in [0.5, 0.6) is 0 Å². The first-order chi connectivity index (χ1) is 10.2. The van der Waals surface area contributed by atoms with Crippen LogP contribution >= 0.6 is 11.3 Å². The van der Waals surface area contributed by atoms with Gasteiger partial charge in [-0.2, -0.15) is 0 Å². The molecular weight excluding hydrogens is 284 g/mol. The van der Waals surface area contributed by atoms with E-state index < -0.39 is 0 Å². The Morgan fingerprint density at radius 1 is 1.24 bits per heavy atom. The van der Waals surface area contributed by atoms with E-state index in [4.69, 9.17) is 0 Å². The number of hydrogen-bond acceptors (Lipinski definition) is 3. The van der Waals surface area contributed by atoms with E-state index in [0.29, 0.717) is 6.54 Å². The van der Waals surface area contributed by atoms with Crippen LogP contribution in [0.3, 0.4) is 0 Å². The van der Waals surface area contributed by atoms with Crippen LogP contribution in [-0.4, -0.2) is 35.3 Å². The quantitative estimate of drug-likeness (QED) is 0.841. The Kier molecular flexibility index (Phi) is 5.79. The van der Waals surface area contributed by atoms with E-state index in [1.165, 1.54) is 4.88 Å². The lowest BCUT2D eigenvalue weighted by atomic mass is 10.00. The predicted molar refractivity (Wildman–Crippen MR) is 85.3 cm³/mol. The molecule has 0 aliphatic carbocycles. The molecular formula is C16H24N2O2S. The molecule has 2 amide bonds. The summed E-state index contributed by atoms with van der Waals surface area (Å²) in [5, 5.41) is 4.94. The average Bonchev–Trinajstić information content (AvgIpc) is 2.97. The van der Waals surface area contributed by atoms with E-state index in [1.807, 2.05) is 30.2 Å². The van der Waals surface area contributed by atoms with Crippen LogP contribution in [0.4, 0.5) is 0 Å². The standard InChI is InChI=1S/C16H24N2O2S/c1-3-6-13-16(20)18(10-9-12-8-5-11-21-12)14(7-4-2)15(19)17-13/h5,8,11,13-14H,3-4,6-7,9-10H2,1-2H3,(H,17,19). The molecule has 2 atom stereocenters. The molecule has 5 heteroatoms. The molecule has 2 rings (SSSR count). The maximum atomic E-state index is 12.6. The smallest absolute Gasteiger partial charge is 0.245 e. The summed E-state index contributed by atoms with van der Waals surface area (Å²) in [6.45, 7) is 4.72. The van der Waals surface area contributed by atoms with E-state index in [-0.39, 0.29) is 23.9 Å². The first-order valence-corrected chi connectivity index (χ1v) is 8.68. The van der Waals surface area contributed by atoms with Crippen molar-refractivity contribution in [3.63, 3.8) is 0 Å². The van der Waals surface area contributed by atoms with Crippen LogP contribution in [0.2, 0.25) is 0 Å². The fraction of sp³-hybridized carbons (Fsp3) is 0.625. The highest BCUT2D eigenvalue weighted by atomic mass is 32.1. The molecule has 0 radical (unpaired) electrons. The number of carbonyl (C=O) groups is 2. The summed E-state index contributed by atoms with van der Waals surface area (Å²) in [6.07, 6.45) is 4.09. The molecule has 21 heavy (non-hydrogen) atoms. The molecule has 1 N–H and O–H groups in total. The van der Waals surface area contributed by atoms with Crippen molar-refractivity contribution < 1.29 is 9.59 Å². The first kappa shape index (κ1) is 16.0. The van der Waals surface area contributed by atoms with Crippen molar-refractivity contribution in [1.29, 1.82) is 0 Å². The Morgan fingerprint density at radius 3 is 2.62 bits per heavy atom. The fourth-order valence-corrected chi connectivity index (χ4v) is 3.52. The fourth-order valence-electron chi connectivity index (χ4n) is 2.82. The average molecular weight is 308 g/mol. The molecule has 1 aliphatic heterocycles. The van der Waals surface area contributed by atoms with Crippen molar-refractivity contribution in [3.8, 4) is 0 Å². The number of nitrogens with one attached hydrogen (secondary N) is 1. The number of hydrogen-bond donors (Lipinski definition) is 1. The highest BCUT2D eigenvalue weighted by Crippen LogP contribution is 2.19. The molecule has 0 bridgehead atoms. The van der Waals surface area contributed by atoms with Gasteiger partial charge in [0.2, 0.25) is 11.8 Å². The third kappa shape index (κ3) is 3.84. The second kappa shape index (κ2) is 7.59. The van der Waals surface area contributed by atoms with Gasteiger partial charge < -0.3 is 10.2 Å². The molecule has 0 aromatic carbocycles. The van der Waals surface area contributed by atoms with Crippen molar-refractivity contribution in [3.05, 3.63) is 22.4 Å². The van der Waals surface area contributed by atoms with Crippen LogP contribution in [0.15, 0.2) is 17.5 Å². The highest BCUT2D eigenvalue weighted by Gasteiger charge is 2.39. The van der Waals surface area contributed by atoms with Gasteiger partial charge >= 0.3 is 0 Å². The van der Waals surface area contributed by atoms with Gasteiger partial charge in [0, 0.05) is 11.4 Å². The summed E-state index contributed by atoms with van der Waals surface area (Å²) in [7, 11) is 0. The van der Waals surface area contributed by atoms with Gasteiger partial charge in [0.1, 0.15) is 12.1 Å². The lowest BCUT2D eigenvalue weighted by molar-refractivity contribution is -0.149. The summed E-state index contributed by atoms with van der Waals surface area (Å²) >= 11 is 1.70. The minimum Gasteiger partial charge on any atom is -0.343 e. The van der Waals surface area contributed by atoms with Gasteiger partial charge in [0.05, 0.1) is 0 Å². The molecule has 2 unspecified atom stereocenters. The molecule has 1 aromatic heterocycles. The maximum Gasteiger partial charge on any atom is 0.245 e. The van der Waals surface area contributed by atoms with Crippen molar-refractivity contribution in [2.45, 2.75) is 58.0 Å². The summed E-state index contributed by atoms with van der Waals surface area (Å²) in [6, 6.07) is 3.47. The number of amides is 2. The lowest BCUT2D eigenvalue weighted by Gasteiger charge is -2.39. The number of nitrogens with zero attached hydrogens (tertiary/aromatic N) is 1. The molecule has 4 nitrogen and oxygen atoms in total. The van der Waals surface area contributed by atoms with Crippen LogP contribution in [-0.2, 0) is 16.0 Å². The van der Waals surface area contributed by atoms with Gasteiger partial charge in [-0.3, -0.25) is 9.59 Å². The summed E-state index contributed by atoms with van der Waals surface area (Å²) in [5.74, 6) is 0.104. The van der Waals surface area contributed by atoms with Crippen LogP contribution in [0.25, 0.3) is 0 Å². The zero-order chi connectivity index (χ0) is 15.2. The highest BCUT2D eigenvalue weighted by molar-refractivity contribution is 7.09. The Balaban J connectivity index is 2.09. The number of thiophene rings is 1. The molecule has 1 aliphatic rings. The van der Waals surface area contributed by atoms with Crippen molar-refractivity contribution in [1.82, 2.24) is 10.2 Å². The Morgan fingerprint density at radius 2 is 2.00 bits per heavy atom. The monoisotopic (exact) mass is 308 g/mol. The summed E-state index contributed by atoms with van der Waals surface area (Å²) < 4.78 is 0. The van der Waals surface area contributed by atoms with Crippen LogP contribution < -0.4 is 5.32 Å². The van der Waals surface area contributed by atoms with Crippen molar-refractivity contribution in [2.24, 2.45) is 0 Å². The molecule has 116 valence electrons. The van der Waals surface area contributed by atoms with Crippen LogP contribution in [0.1, 0.15) is 44.4 Å². The van der Waals surface area contributed by atoms with Gasteiger partial charge in [-0.1, -0.05) is 32.8 Å². The van der Waals surface area contributed by atoms with E-state index in [9.17, 15) is 9.59 Å². The van der Waals surface area contributed by atoms with E-state index in [0.717, 1.165) is 32.1 Å². The third-order valence-corrected chi connectivity index (χ3v) is 4.83. The zero-order valence-corrected chi connectivity index (χ0v) is 13.6. The SMILES string of the molecule is CCCC1NC(=O)C(CCC)N(CCc2cccs2)C1=O. The van der Waals surface area contributed by atoms with E-state index >= 15 is 0 Å². The Bertz CT molecular complexity index is 473. The summed E-state index contributed by atoms with van der Waals surface area (Å²) in [5.41, 5.74) is 0. The predicted octanol–water partition coefficient (Wildman–Crippen LogP) is 2.59. The first-order valence-electron chi connectivity index (χ1n) is 7.80. The molecule has 2 heterocycles. The number of rotatable bonds is 7. The molecule has 0 spiro atoms. The van der Waals surface area contributed by atoms with Gasteiger partial charge in [-0.15, -0.1) is 11.3 Å². The molecule has 1 aromatic rings. The lowest BCUT2D eigenvalue weighted by Crippen LogP contribution is -2.63. The summed E-state index contributed by atoms with van der Waals surface area (Å²) in [4.78, 5) is 28.0. The van der Waals surface area contributed by atoms with Crippen LogP contribution in [0, 0.1) is 0 Å².